The highest BCUT2D eigenvalue weighted by Gasteiger charge is 2.35. The van der Waals surface area contributed by atoms with E-state index in [0.717, 1.165) is 33.5 Å². The lowest BCUT2D eigenvalue weighted by molar-refractivity contribution is -0.123. The molecule has 0 aliphatic carbocycles. The zero-order valence-corrected chi connectivity index (χ0v) is 21.8. The van der Waals surface area contributed by atoms with E-state index in [4.69, 9.17) is 27.9 Å². The van der Waals surface area contributed by atoms with Gasteiger partial charge in [-0.15, -0.1) is 0 Å². The van der Waals surface area contributed by atoms with Crippen molar-refractivity contribution in [1.29, 1.82) is 0 Å². The highest BCUT2D eigenvalue weighted by atomic mass is 35.5. The summed E-state index contributed by atoms with van der Waals surface area (Å²) in [6.07, 6.45) is 1.64. The van der Waals surface area contributed by atoms with E-state index in [1.165, 1.54) is 0 Å². The van der Waals surface area contributed by atoms with Crippen molar-refractivity contribution in [3.63, 3.8) is 0 Å². The predicted octanol–water partition coefficient (Wildman–Crippen LogP) is 6.86. The number of nitrogens with zero attached hydrogens (tertiary/aromatic N) is 1. The Bertz CT molecular complexity index is 1350. The third kappa shape index (κ3) is 6.10. The molecule has 3 aromatic carbocycles. The van der Waals surface area contributed by atoms with Gasteiger partial charge in [0.25, 0.3) is 17.1 Å². The Labute approximate surface area is 223 Å². The first-order chi connectivity index (χ1) is 17.2. The molecule has 1 fully saturated rings. The van der Waals surface area contributed by atoms with Crippen molar-refractivity contribution >= 4 is 63.8 Å². The number of hydrogen-bond donors (Lipinski definition) is 1. The number of nitrogens with one attached hydrogen (secondary N) is 1. The van der Waals surface area contributed by atoms with Crippen molar-refractivity contribution in [3.8, 4) is 5.75 Å². The number of aryl methyl sites for hydroxylation is 2. The highest BCUT2D eigenvalue weighted by molar-refractivity contribution is 8.18. The third-order valence-corrected chi connectivity index (χ3v) is 7.08. The smallest absolute Gasteiger partial charge is 0.293 e. The van der Waals surface area contributed by atoms with Crippen LogP contribution in [-0.2, 0) is 16.1 Å². The van der Waals surface area contributed by atoms with Crippen molar-refractivity contribution in [1.82, 2.24) is 4.90 Å². The van der Waals surface area contributed by atoms with Crippen LogP contribution < -0.4 is 10.1 Å². The summed E-state index contributed by atoms with van der Waals surface area (Å²) >= 11 is 13.2. The summed E-state index contributed by atoms with van der Waals surface area (Å²) in [6.45, 7) is 3.74. The van der Waals surface area contributed by atoms with Crippen molar-refractivity contribution in [3.05, 3.63) is 97.9 Å². The highest BCUT2D eigenvalue weighted by Crippen LogP contribution is 2.35. The Morgan fingerprint density at radius 3 is 2.42 bits per heavy atom. The van der Waals surface area contributed by atoms with Gasteiger partial charge in [-0.25, -0.2) is 0 Å². The second kappa shape index (κ2) is 11.2. The van der Waals surface area contributed by atoms with Gasteiger partial charge in [0.2, 0.25) is 0 Å². The Hall–Kier alpha value is -3.26. The lowest BCUT2D eigenvalue weighted by atomic mass is 10.1. The number of imide groups is 1. The van der Waals surface area contributed by atoms with Crippen molar-refractivity contribution in [2.75, 3.05) is 11.9 Å². The molecular formula is C27H22Cl2N2O4S. The summed E-state index contributed by atoms with van der Waals surface area (Å²) in [5, 5.41) is 3.24. The van der Waals surface area contributed by atoms with E-state index in [9.17, 15) is 14.4 Å². The number of thioether (sulfide) groups is 1. The van der Waals surface area contributed by atoms with Gasteiger partial charge in [-0.2, -0.15) is 0 Å². The van der Waals surface area contributed by atoms with Gasteiger partial charge < -0.3 is 10.1 Å². The molecule has 0 radical (unpaired) electrons. The Morgan fingerprint density at radius 2 is 1.72 bits per heavy atom. The summed E-state index contributed by atoms with van der Waals surface area (Å²) in [5.41, 5.74) is 4.01. The van der Waals surface area contributed by atoms with Crippen molar-refractivity contribution in [2.24, 2.45) is 0 Å². The van der Waals surface area contributed by atoms with E-state index in [1.54, 1.807) is 48.5 Å². The number of carbonyl (C=O) groups is 3. The maximum Gasteiger partial charge on any atom is 0.293 e. The minimum Gasteiger partial charge on any atom is -0.484 e. The number of rotatable bonds is 7. The number of ether oxygens (including phenoxy) is 1. The van der Waals surface area contributed by atoms with Crippen LogP contribution in [0.15, 0.2) is 65.6 Å². The van der Waals surface area contributed by atoms with Crippen LogP contribution >= 0.6 is 35.0 Å². The Morgan fingerprint density at radius 1 is 1.03 bits per heavy atom. The first kappa shape index (κ1) is 25.8. The monoisotopic (exact) mass is 540 g/mol. The lowest BCUT2D eigenvalue weighted by Crippen LogP contribution is -2.27. The largest absolute Gasteiger partial charge is 0.484 e. The number of halogens is 2. The number of amides is 3. The second-order valence-corrected chi connectivity index (χ2v) is 10.00. The van der Waals surface area contributed by atoms with Crippen LogP contribution in [-0.4, -0.2) is 28.6 Å². The summed E-state index contributed by atoms with van der Waals surface area (Å²) in [6, 6.07) is 17.8. The second-order valence-electron chi connectivity index (χ2n) is 8.19. The van der Waals surface area contributed by atoms with Crippen molar-refractivity contribution in [2.45, 2.75) is 20.4 Å². The lowest BCUT2D eigenvalue weighted by Gasteiger charge is -2.14. The maximum absolute atomic E-state index is 12.8. The predicted molar refractivity (Wildman–Crippen MR) is 144 cm³/mol. The molecule has 0 aromatic heterocycles. The first-order valence-corrected chi connectivity index (χ1v) is 12.6. The average Bonchev–Trinajstić information content (AvgIpc) is 3.10. The van der Waals surface area contributed by atoms with E-state index < -0.39 is 11.1 Å². The first-order valence-electron chi connectivity index (χ1n) is 11.0. The molecule has 4 rings (SSSR count). The van der Waals surface area contributed by atoms with Crippen LogP contribution in [0.5, 0.6) is 5.75 Å². The number of anilines is 1. The average molecular weight is 541 g/mol. The van der Waals surface area contributed by atoms with Gasteiger partial charge in [0.05, 0.1) is 11.4 Å². The van der Waals surface area contributed by atoms with E-state index in [1.807, 2.05) is 32.0 Å². The Balaban J connectivity index is 1.37. The molecule has 3 aromatic rings. The summed E-state index contributed by atoms with van der Waals surface area (Å²) < 4.78 is 5.59. The molecule has 36 heavy (non-hydrogen) atoms. The van der Waals surface area contributed by atoms with Gasteiger partial charge in [-0.1, -0.05) is 53.5 Å². The molecule has 184 valence electrons. The molecule has 0 unspecified atom stereocenters. The molecule has 1 saturated heterocycles. The van der Waals surface area contributed by atoms with Crippen LogP contribution in [0.25, 0.3) is 6.08 Å². The minimum atomic E-state index is -0.413. The van der Waals surface area contributed by atoms with E-state index in [2.05, 4.69) is 5.32 Å². The summed E-state index contributed by atoms with van der Waals surface area (Å²) in [5.74, 6) is -0.172. The van der Waals surface area contributed by atoms with Gasteiger partial charge in [0, 0.05) is 21.3 Å². The molecule has 1 heterocycles. The van der Waals surface area contributed by atoms with Gasteiger partial charge in [-0.05, 0) is 78.7 Å². The van der Waals surface area contributed by atoms with Gasteiger partial charge in [-0.3, -0.25) is 19.3 Å². The van der Waals surface area contributed by atoms with E-state index >= 15 is 0 Å². The Kier molecular flexibility index (Phi) is 8.04. The molecular weight excluding hydrogens is 519 g/mol. The summed E-state index contributed by atoms with van der Waals surface area (Å²) in [7, 11) is 0. The van der Waals surface area contributed by atoms with Crippen LogP contribution in [0.3, 0.4) is 0 Å². The van der Waals surface area contributed by atoms with E-state index in [-0.39, 0.29) is 19.1 Å². The van der Waals surface area contributed by atoms with Crippen LogP contribution in [0.4, 0.5) is 10.5 Å². The van der Waals surface area contributed by atoms with Crippen LogP contribution in [0.1, 0.15) is 22.3 Å². The molecule has 1 N–H and O–H groups in total. The van der Waals surface area contributed by atoms with Gasteiger partial charge >= 0.3 is 0 Å². The van der Waals surface area contributed by atoms with Crippen molar-refractivity contribution < 1.29 is 19.1 Å². The molecule has 0 atom stereocenters. The number of hydrogen-bond acceptors (Lipinski definition) is 5. The normalized spacial score (nSPS) is 14.4. The van der Waals surface area contributed by atoms with Gasteiger partial charge in [0.15, 0.2) is 6.61 Å². The molecule has 1 aliphatic rings. The van der Waals surface area contributed by atoms with Crippen LogP contribution in [0.2, 0.25) is 10.0 Å². The molecule has 9 heteroatoms. The topological polar surface area (TPSA) is 75.7 Å². The van der Waals surface area contributed by atoms with E-state index in [0.29, 0.717) is 31.8 Å². The zero-order chi connectivity index (χ0) is 25.8. The SMILES string of the molecule is Cc1ccc(C)c(NC(=O)COc2ccc(/C=C3\SC(=O)N(Cc4c(Cl)cccc4Cl)C3=O)cc2)c1. The number of carbonyl (C=O) groups excluding carboxylic acids is 3. The fourth-order valence-electron chi connectivity index (χ4n) is 3.50. The zero-order valence-electron chi connectivity index (χ0n) is 19.5. The molecule has 0 spiro atoms. The maximum atomic E-state index is 12.8. The molecule has 3 amide bonds. The fraction of sp³-hybridized carbons (Fsp3) is 0.148. The quantitative estimate of drug-likeness (QED) is 0.331. The fourth-order valence-corrected chi connectivity index (χ4v) is 4.85. The molecule has 0 bridgehead atoms. The molecule has 6 nitrogen and oxygen atoms in total. The minimum absolute atomic E-state index is 0.00255. The van der Waals surface area contributed by atoms with Gasteiger partial charge in [0.1, 0.15) is 5.75 Å². The summed E-state index contributed by atoms with van der Waals surface area (Å²) in [4.78, 5) is 39.0. The standard InChI is InChI=1S/C27H22Cl2N2O4S/c1-16-6-7-17(2)23(12-16)30-25(32)15-35-19-10-8-18(9-11-19)13-24-26(33)31(27(34)36-24)14-20-21(28)4-3-5-22(20)29/h3-13H,14-15H2,1-2H3,(H,30,32)/b24-13-. The molecule has 1 aliphatic heterocycles. The van der Waals surface area contributed by atoms with Crippen LogP contribution in [0, 0.1) is 13.8 Å². The molecule has 0 saturated carbocycles. The third-order valence-electron chi connectivity index (χ3n) is 5.47. The number of benzene rings is 3.